The second kappa shape index (κ2) is 9.94. The number of halogens is 1. The van der Waals surface area contributed by atoms with Gasteiger partial charge in [-0.05, 0) is 24.6 Å². The van der Waals surface area contributed by atoms with E-state index >= 15 is 0 Å². The Morgan fingerprint density at radius 1 is 0.933 bits per heavy atom. The minimum absolute atomic E-state index is 0.167. The zero-order valence-corrected chi connectivity index (χ0v) is 17.4. The highest BCUT2D eigenvalue weighted by Crippen LogP contribution is 2.37. The van der Waals surface area contributed by atoms with E-state index in [-0.39, 0.29) is 23.0 Å². The smallest absolute Gasteiger partial charge is 0.338 e. The Labute approximate surface area is 180 Å². The number of Topliss-reactive ketones (excluding diaryl/α,β-unsaturated/α-hetero) is 1. The second-order valence-electron chi connectivity index (χ2n) is 6.63. The van der Waals surface area contributed by atoms with Gasteiger partial charge in [-0.1, -0.05) is 71.8 Å². The van der Waals surface area contributed by atoms with Crippen molar-refractivity contribution in [1.29, 1.82) is 0 Å². The van der Waals surface area contributed by atoms with Crippen LogP contribution < -0.4 is 9.47 Å². The Bertz CT molecular complexity index is 1030. The summed E-state index contributed by atoms with van der Waals surface area (Å²) in [6.07, 6.45) is 0. The number of hydrogen-bond donors (Lipinski definition) is 0. The summed E-state index contributed by atoms with van der Waals surface area (Å²) in [4.78, 5) is 24.5. The monoisotopic (exact) mass is 424 g/mol. The number of ether oxygens (including phenoxy) is 3. The van der Waals surface area contributed by atoms with Crippen LogP contribution in [0.3, 0.4) is 0 Å². The van der Waals surface area contributed by atoms with Crippen LogP contribution in [0.5, 0.6) is 11.5 Å². The summed E-state index contributed by atoms with van der Waals surface area (Å²) in [5.74, 6) is -0.336. The Kier molecular flexibility index (Phi) is 7.09. The number of methoxy groups -OCH3 is 1. The van der Waals surface area contributed by atoms with Gasteiger partial charge in [-0.15, -0.1) is 0 Å². The molecule has 0 unspecified atom stereocenters. The van der Waals surface area contributed by atoms with Gasteiger partial charge in [0.2, 0.25) is 0 Å². The Morgan fingerprint density at radius 3 is 2.30 bits per heavy atom. The first-order valence-electron chi connectivity index (χ1n) is 9.29. The van der Waals surface area contributed by atoms with E-state index in [2.05, 4.69) is 0 Å². The number of carbonyl (C=O) groups excluding carboxylic acids is 2. The molecule has 0 saturated carbocycles. The molecular weight excluding hydrogens is 404 g/mol. The first kappa shape index (κ1) is 21.4. The van der Waals surface area contributed by atoms with Gasteiger partial charge >= 0.3 is 5.97 Å². The molecule has 5 nitrogen and oxygen atoms in total. The molecule has 30 heavy (non-hydrogen) atoms. The van der Waals surface area contributed by atoms with Crippen LogP contribution in [0.4, 0.5) is 0 Å². The molecule has 0 bridgehead atoms. The highest BCUT2D eigenvalue weighted by molar-refractivity contribution is 6.32. The molecule has 0 aliphatic heterocycles. The lowest BCUT2D eigenvalue weighted by molar-refractivity contribution is 0.0474. The Balaban J connectivity index is 1.68. The summed E-state index contributed by atoms with van der Waals surface area (Å²) in [5, 5.41) is 0.211. The van der Waals surface area contributed by atoms with E-state index in [0.717, 1.165) is 11.1 Å². The van der Waals surface area contributed by atoms with E-state index in [4.69, 9.17) is 25.8 Å². The van der Waals surface area contributed by atoms with Gasteiger partial charge in [-0.2, -0.15) is 0 Å². The molecule has 154 valence electrons. The van der Waals surface area contributed by atoms with E-state index in [0.29, 0.717) is 23.7 Å². The molecule has 0 atom stereocenters. The maximum atomic E-state index is 12.4. The second-order valence-corrected chi connectivity index (χ2v) is 7.04. The summed E-state index contributed by atoms with van der Waals surface area (Å²) < 4.78 is 16.3. The molecule has 0 aliphatic carbocycles. The SMILES string of the molecule is COc1cc(C(=O)OCC(=O)c2ccccc2)cc(Cl)c1OCc1ccc(C)cc1. The highest BCUT2D eigenvalue weighted by Gasteiger charge is 2.18. The molecule has 0 spiro atoms. The summed E-state index contributed by atoms with van der Waals surface area (Å²) in [6.45, 7) is 1.94. The topological polar surface area (TPSA) is 61.8 Å². The summed E-state index contributed by atoms with van der Waals surface area (Å²) in [7, 11) is 1.46. The standard InChI is InChI=1S/C24H21ClO5/c1-16-8-10-17(11-9-16)14-29-23-20(25)12-19(13-22(23)28-2)24(27)30-15-21(26)18-6-4-3-5-7-18/h3-13H,14-15H2,1-2H3. The average Bonchev–Trinajstić information content (AvgIpc) is 2.77. The third-order valence-corrected chi connectivity index (χ3v) is 4.68. The Morgan fingerprint density at radius 2 is 1.63 bits per heavy atom. The number of esters is 1. The first-order chi connectivity index (χ1) is 14.5. The van der Waals surface area contributed by atoms with Crippen molar-refractivity contribution in [3.05, 3.63) is 94.0 Å². The van der Waals surface area contributed by atoms with E-state index in [1.807, 2.05) is 31.2 Å². The molecule has 0 N–H and O–H groups in total. The third kappa shape index (κ3) is 5.39. The van der Waals surface area contributed by atoms with Crippen molar-refractivity contribution >= 4 is 23.4 Å². The average molecular weight is 425 g/mol. The number of aryl methyl sites for hydroxylation is 1. The maximum Gasteiger partial charge on any atom is 0.338 e. The fourth-order valence-electron chi connectivity index (χ4n) is 2.74. The van der Waals surface area contributed by atoms with Gasteiger partial charge in [0.1, 0.15) is 6.61 Å². The van der Waals surface area contributed by atoms with Crippen LogP contribution in [-0.4, -0.2) is 25.5 Å². The van der Waals surface area contributed by atoms with Crippen LogP contribution >= 0.6 is 11.6 Å². The van der Waals surface area contributed by atoms with E-state index in [9.17, 15) is 9.59 Å². The lowest BCUT2D eigenvalue weighted by atomic mass is 10.1. The molecule has 0 aliphatic rings. The molecule has 3 aromatic carbocycles. The normalized spacial score (nSPS) is 10.4. The van der Waals surface area contributed by atoms with E-state index in [1.54, 1.807) is 30.3 Å². The van der Waals surface area contributed by atoms with Gasteiger partial charge in [0, 0.05) is 5.56 Å². The minimum Gasteiger partial charge on any atom is -0.493 e. The fourth-order valence-corrected chi connectivity index (χ4v) is 3.00. The molecule has 0 fully saturated rings. The van der Waals surface area contributed by atoms with Crippen molar-refractivity contribution in [3.8, 4) is 11.5 Å². The molecule has 3 aromatic rings. The molecule has 0 amide bonds. The number of ketones is 1. The van der Waals surface area contributed by atoms with Crippen molar-refractivity contribution < 1.29 is 23.8 Å². The molecule has 6 heteroatoms. The van der Waals surface area contributed by atoms with E-state index < -0.39 is 5.97 Å². The number of benzene rings is 3. The summed E-state index contributed by atoms with van der Waals surface area (Å²) in [5.41, 5.74) is 2.77. The largest absolute Gasteiger partial charge is 0.493 e. The lowest BCUT2D eigenvalue weighted by Crippen LogP contribution is -2.14. The fraction of sp³-hybridized carbons (Fsp3) is 0.167. The van der Waals surface area contributed by atoms with Crippen LogP contribution in [0.15, 0.2) is 66.7 Å². The lowest BCUT2D eigenvalue weighted by Gasteiger charge is -2.14. The van der Waals surface area contributed by atoms with Crippen LogP contribution in [0.2, 0.25) is 5.02 Å². The summed E-state index contributed by atoms with van der Waals surface area (Å²) >= 11 is 6.33. The minimum atomic E-state index is -0.676. The van der Waals surface area contributed by atoms with Gasteiger partial charge in [0.15, 0.2) is 23.9 Å². The van der Waals surface area contributed by atoms with Gasteiger partial charge in [0.25, 0.3) is 0 Å². The quantitative estimate of drug-likeness (QED) is 0.364. The van der Waals surface area contributed by atoms with Gasteiger partial charge in [0.05, 0.1) is 17.7 Å². The van der Waals surface area contributed by atoms with Gasteiger partial charge < -0.3 is 14.2 Å². The van der Waals surface area contributed by atoms with Crippen LogP contribution in [0.25, 0.3) is 0 Å². The molecule has 0 radical (unpaired) electrons. The van der Waals surface area contributed by atoms with Crippen molar-refractivity contribution in [2.45, 2.75) is 13.5 Å². The van der Waals surface area contributed by atoms with Crippen molar-refractivity contribution in [3.63, 3.8) is 0 Å². The molecule has 0 aromatic heterocycles. The number of rotatable bonds is 8. The van der Waals surface area contributed by atoms with Crippen molar-refractivity contribution in [1.82, 2.24) is 0 Å². The zero-order valence-electron chi connectivity index (χ0n) is 16.7. The van der Waals surface area contributed by atoms with Crippen LogP contribution in [0.1, 0.15) is 31.8 Å². The number of hydrogen-bond acceptors (Lipinski definition) is 5. The van der Waals surface area contributed by atoms with Crippen LogP contribution in [0, 0.1) is 6.92 Å². The highest BCUT2D eigenvalue weighted by atomic mass is 35.5. The number of carbonyl (C=O) groups is 2. The molecule has 0 heterocycles. The summed E-state index contributed by atoms with van der Waals surface area (Å²) in [6, 6.07) is 19.4. The molecule has 3 rings (SSSR count). The third-order valence-electron chi connectivity index (χ3n) is 4.40. The van der Waals surface area contributed by atoms with Crippen molar-refractivity contribution in [2.24, 2.45) is 0 Å². The predicted molar refractivity (Wildman–Crippen MR) is 115 cm³/mol. The van der Waals surface area contributed by atoms with Gasteiger partial charge in [-0.25, -0.2) is 4.79 Å². The van der Waals surface area contributed by atoms with Crippen molar-refractivity contribution in [2.75, 3.05) is 13.7 Å². The van der Waals surface area contributed by atoms with E-state index in [1.165, 1.54) is 19.2 Å². The van der Waals surface area contributed by atoms with Gasteiger partial charge in [-0.3, -0.25) is 4.79 Å². The predicted octanol–water partition coefficient (Wildman–Crippen LogP) is 5.28. The Hall–Kier alpha value is -3.31. The van der Waals surface area contributed by atoms with Crippen LogP contribution in [-0.2, 0) is 11.3 Å². The molecular formula is C24H21ClO5. The zero-order chi connectivity index (χ0) is 21.5. The first-order valence-corrected chi connectivity index (χ1v) is 9.67. The maximum absolute atomic E-state index is 12.4. The molecule has 0 saturated heterocycles.